The first-order chi connectivity index (χ1) is 15.2. The summed E-state index contributed by atoms with van der Waals surface area (Å²) in [6, 6.07) is 0. The molecular weight excluding hydrogens is 412 g/mol. The quantitative estimate of drug-likeness (QED) is 0.152. The fraction of sp³-hybridized carbons (Fsp3) is 0.920. The summed E-state index contributed by atoms with van der Waals surface area (Å²) in [5.41, 5.74) is 0. The second kappa shape index (κ2) is 19.4. The lowest BCUT2D eigenvalue weighted by Gasteiger charge is -2.27. The Bertz CT molecular complexity index is 481. The molecule has 0 aromatic heterocycles. The van der Waals surface area contributed by atoms with Crippen LogP contribution < -0.4 is 0 Å². The van der Waals surface area contributed by atoms with Crippen LogP contribution in [-0.2, 0) is 14.3 Å². The highest BCUT2D eigenvalue weighted by molar-refractivity contribution is 5.84. The van der Waals surface area contributed by atoms with Crippen LogP contribution in [0, 0.1) is 5.92 Å². The second-order valence-electron chi connectivity index (χ2n) is 9.43. The lowest BCUT2D eigenvalue weighted by atomic mass is 10.0. The number of hydrogen-bond donors (Lipinski definition) is 4. The van der Waals surface area contributed by atoms with Crippen LogP contribution in [0.25, 0.3) is 0 Å². The van der Waals surface area contributed by atoms with Gasteiger partial charge in [-0.1, -0.05) is 90.9 Å². The Morgan fingerprint density at radius 3 is 1.56 bits per heavy atom. The van der Waals surface area contributed by atoms with E-state index in [0.29, 0.717) is 6.42 Å². The van der Waals surface area contributed by atoms with Crippen molar-refractivity contribution in [2.24, 2.45) is 5.92 Å². The summed E-state index contributed by atoms with van der Waals surface area (Å²) in [7, 11) is 0. The van der Waals surface area contributed by atoms with Crippen LogP contribution >= 0.6 is 0 Å². The molecule has 0 heterocycles. The monoisotopic (exact) mass is 460 g/mol. The molecule has 0 saturated carbocycles. The Morgan fingerprint density at radius 2 is 1.16 bits per heavy atom. The first-order valence-electron chi connectivity index (χ1n) is 12.6. The summed E-state index contributed by atoms with van der Waals surface area (Å²) < 4.78 is 5.02. The summed E-state index contributed by atoms with van der Waals surface area (Å²) in [5, 5.41) is 38.0. The number of Topliss-reactive ketones (excluding diaryl/α,β-unsaturated/α-hetero) is 1. The molecule has 0 aliphatic carbocycles. The van der Waals surface area contributed by atoms with Gasteiger partial charge in [0.25, 0.3) is 0 Å². The molecule has 0 bridgehead atoms. The SMILES string of the molecule is CC(=O)[C@H](OC(=O)CCCCCCCCCCCCCCC(C)C)[C@@H](O)[C@H](O)[C@H](O)CO. The highest BCUT2D eigenvalue weighted by Gasteiger charge is 2.36. The van der Waals surface area contributed by atoms with Crippen molar-refractivity contribution >= 4 is 11.8 Å². The number of ketones is 1. The molecule has 190 valence electrons. The van der Waals surface area contributed by atoms with Crippen LogP contribution in [0.5, 0.6) is 0 Å². The van der Waals surface area contributed by atoms with Gasteiger partial charge < -0.3 is 25.2 Å². The minimum Gasteiger partial charge on any atom is -0.451 e. The lowest BCUT2D eigenvalue weighted by Crippen LogP contribution is -2.49. The number of aliphatic hydroxyl groups excluding tert-OH is 4. The molecule has 0 fully saturated rings. The molecular formula is C25H48O7. The highest BCUT2D eigenvalue weighted by Crippen LogP contribution is 2.15. The van der Waals surface area contributed by atoms with Gasteiger partial charge in [-0.2, -0.15) is 0 Å². The van der Waals surface area contributed by atoms with E-state index >= 15 is 0 Å². The third kappa shape index (κ3) is 15.7. The van der Waals surface area contributed by atoms with Crippen molar-refractivity contribution in [1.82, 2.24) is 0 Å². The van der Waals surface area contributed by atoms with Gasteiger partial charge in [0.2, 0.25) is 0 Å². The average molecular weight is 461 g/mol. The molecule has 0 aliphatic heterocycles. The van der Waals surface area contributed by atoms with Gasteiger partial charge in [-0.05, 0) is 19.3 Å². The molecule has 0 aromatic rings. The van der Waals surface area contributed by atoms with Crippen LogP contribution in [0.1, 0.15) is 111 Å². The molecule has 0 radical (unpaired) electrons. The van der Waals surface area contributed by atoms with Crippen molar-refractivity contribution in [2.45, 2.75) is 135 Å². The van der Waals surface area contributed by atoms with Crippen LogP contribution in [0.4, 0.5) is 0 Å². The largest absolute Gasteiger partial charge is 0.451 e. The van der Waals surface area contributed by atoms with Gasteiger partial charge in [-0.25, -0.2) is 0 Å². The summed E-state index contributed by atoms with van der Waals surface area (Å²) in [6.07, 6.45) is 8.91. The molecule has 0 unspecified atom stereocenters. The fourth-order valence-electron chi connectivity index (χ4n) is 3.70. The molecule has 7 heteroatoms. The molecule has 7 nitrogen and oxygen atoms in total. The molecule has 4 atom stereocenters. The van der Waals surface area contributed by atoms with E-state index in [2.05, 4.69) is 13.8 Å². The van der Waals surface area contributed by atoms with E-state index < -0.39 is 42.8 Å². The topological polar surface area (TPSA) is 124 Å². The van der Waals surface area contributed by atoms with E-state index in [1.807, 2.05) is 0 Å². The fourth-order valence-corrected chi connectivity index (χ4v) is 3.70. The number of hydrogen-bond acceptors (Lipinski definition) is 7. The molecule has 0 aromatic carbocycles. The van der Waals surface area contributed by atoms with Gasteiger partial charge >= 0.3 is 5.97 Å². The third-order valence-corrected chi connectivity index (χ3v) is 5.81. The molecule has 4 N–H and O–H groups in total. The van der Waals surface area contributed by atoms with Gasteiger partial charge in [-0.3, -0.25) is 9.59 Å². The third-order valence-electron chi connectivity index (χ3n) is 5.81. The number of ether oxygens (including phenoxy) is 1. The molecule has 0 saturated heterocycles. The van der Waals surface area contributed by atoms with Crippen molar-refractivity contribution < 1.29 is 34.8 Å². The first-order valence-corrected chi connectivity index (χ1v) is 12.6. The Kier molecular flexibility index (Phi) is 18.8. The molecule has 32 heavy (non-hydrogen) atoms. The predicted octanol–water partition coefficient (Wildman–Crippen LogP) is 3.68. The summed E-state index contributed by atoms with van der Waals surface area (Å²) in [6.45, 7) is 4.91. The number of esters is 1. The van der Waals surface area contributed by atoms with Gasteiger partial charge in [0, 0.05) is 6.42 Å². The van der Waals surface area contributed by atoms with Crippen molar-refractivity contribution in [3.63, 3.8) is 0 Å². The zero-order valence-electron chi connectivity index (χ0n) is 20.5. The Hall–Kier alpha value is -1.02. The van der Waals surface area contributed by atoms with Crippen LogP contribution in [0.3, 0.4) is 0 Å². The van der Waals surface area contributed by atoms with Crippen LogP contribution in [0.2, 0.25) is 0 Å². The molecule has 0 spiro atoms. The van der Waals surface area contributed by atoms with E-state index in [9.17, 15) is 24.9 Å². The Morgan fingerprint density at radius 1 is 0.719 bits per heavy atom. The van der Waals surface area contributed by atoms with Gasteiger partial charge in [0.1, 0.15) is 18.3 Å². The maximum absolute atomic E-state index is 12.0. The molecule has 0 aliphatic rings. The van der Waals surface area contributed by atoms with Crippen molar-refractivity contribution in [2.75, 3.05) is 6.61 Å². The minimum absolute atomic E-state index is 0.131. The van der Waals surface area contributed by atoms with Gasteiger partial charge in [0.15, 0.2) is 11.9 Å². The number of carbonyl (C=O) groups is 2. The Balaban J connectivity index is 3.76. The zero-order chi connectivity index (χ0) is 24.4. The smallest absolute Gasteiger partial charge is 0.306 e. The maximum Gasteiger partial charge on any atom is 0.306 e. The van der Waals surface area contributed by atoms with Crippen molar-refractivity contribution in [3.05, 3.63) is 0 Å². The normalized spacial score (nSPS) is 15.4. The Labute approximate surface area is 194 Å². The number of aliphatic hydroxyl groups is 4. The van der Waals surface area contributed by atoms with Crippen LogP contribution in [-0.4, -0.2) is 63.2 Å². The first kappa shape index (κ1) is 31.0. The van der Waals surface area contributed by atoms with E-state index in [-0.39, 0.29) is 6.42 Å². The summed E-state index contributed by atoms with van der Waals surface area (Å²) in [5.74, 6) is -0.439. The highest BCUT2D eigenvalue weighted by atomic mass is 16.6. The van der Waals surface area contributed by atoms with E-state index in [1.165, 1.54) is 57.8 Å². The van der Waals surface area contributed by atoms with E-state index in [4.69, 9.17) is 9.84 Å². The van der Waals surface area contributed by atoms with Crippen molar-refractivity contribution in [1.29, 1.82) is 0 Å². The number of carbonyl (C=O) groups excluding carboxylic acids is 2. The van der Waals surface area contributed by atoms with Gasteiger partial charge in [-0.15, -0.1) is 0 Å². The summed E-state index contributed by atoms with van der Waals surface area (Å²) in [4.78, 5) is 23.6. The predicted molar refractivity (Wildman–Crippen MR) is 125 cm³/mol. The van der Waals surface area contributed by atoms with Crippen molar-refractivity contribution in [3.8, 4) is 0 Å². The zero-order valence-corrected chi connectivity index (χ0v) is 20.5. The number of unbranched alkanes of at least 4 members (excludes halogenated alkanes) is 11. The minimum atomic E-state index is -1.79. The number of rotatable bonds is 21. The molecule has 0 amide bonds. The van der Waals surface area contributed by atoms with E-state index in [0.717, 1.165) is 32.1 Å². The van der Waals surface area contributed by atoms with Crippen LogP contribution in [0.15, 0.2) is 0 Å². The summed E-state index contributed by atoms with van der Waals surface area (Å²) >= 11 is 0. The average Bonchev–Trinajstić information content (AvgIpc) is 2.75. The lowest BCUT2D eigenvalue weighted by molar-refractivity contribution is -0.172. The van der Waals surface area contributed by atoms with Gasteiger partial charge in [0.05, 0.1) is 6.61 Å². The molecule has 0 rings (SSSR count). The van der Waals surface area contributed by atoms with E-state index in [1.54, 1.807) is 0 Å². The standard InChI is InChI=1S/C25H48O7/c1-19(2)16-14-12-10-8-6-4-5-7-9-11-13-15-17-22(29)32-25(20(3)27)24(31)23(30)21(28)18-26/h19,21,23-26,28,30-31H,4-18H2,1-3H3/t21-,23-,24+,25+/m1/s1. The second-order valence-corrected chi connectivity index (χ2v) is 9.43. The maximum atomic E-state index is 12.0.